The number of fused-ring (bicyclic) bond motifs is 1. The fourth-order valence-corrected chi connectivity index (χ4v) is 2.58. The Labute approximate surface area is 123 Å². The Bertz CT molecular complexity index is 704. The molecule has 1 amide bonds. The van der Waals surface area contributed by atoms with E-state index in [-0.39, 0.29) is 5.91 Å². The minimum atomic E-state index is 0.0397. The van der Waals surface area contributed by atoms with Gasteiger partial charge in [0.2, 0.25) is 5.91 Å². The molecular formula is C15H19N5O. The predicted octanol–water partition coefficient (Wildman–Crippen LogP) is 1.86. The lowest BCUT2D eigenvalue weighted by molar-refractivity contribution is -0.116. The van der Waals surface area contributed by atoms with Crippen molar-refractivity contribution < 1.29 is 4.79 Å². The number of nitrogens with one attached hydrogen (secondary N) is 1. The molecule has 21 heavy (non-hydrogen) atoms. The van der Waals surface area contributed by atoms with Crippen molar-refractivity contribution in [2.75, 3.05) is 11.1 Å². The number of nitrogen functional groups attached to an aromatic ring is 1. The maximum Gasteiger partial charge on any atom is 0.224 e. The molecule has 6 heteroatoms. The number of hydrogen-bond acceptors (Lipinski definition) is 4. The van der Waals surface area contributed by atoms with Crippen LogP contribution in [0.4, 0.5) is 11.4 Å². The molecule has 6 nitrogen and oxygen atoms in total. The number of carbonyl (C=O) groups excluding carboxylic acids is 1. The fraction of sp³-hybridized carbons (Fsp3) is 0.400. The number of aromatic nitrogens is 3. The van der Waals surface area contributed by atoms with Crippen LogP contribution in [0.5, 0.6) is 0 Å². The van der Waals surface area contributed by atoms with E-state index in [4.69, 9.17) is 5.73 Å². The lowest BCUT2D eigenvalue weighted by Gasteiger charge is -2.19. The monoisotopic (exact) mass is 285 g/mol. The molecule has 0 radical (unpaired) electrons. The van der Waals surface area contributed by atoms with E-state index in [1.54, 1.807) is 0 Å². The molecule has 1 aromatic heterocycles. The number of benzene rings is 1. The van der Waals surface area contributed by atoms with E-state index in [2.05, 4.69) is 22.3 Å². The number of rotatable bonds is 3. The molecular weight excluding hydrogens is 266 g/mol. The molecule has 0 saturated carbocycles. The lowest BCUT2D eigenvalue weighted by atomic mass is 10.0. The Morgan fingerprint density at radius 2 is 2.10 bits per heavy atom. The summed E-state index contributed by atoms with van der Waals surface area (Å²) < 4.78 is 1.82. The van der Waals surface area contributed by atoms with Gasteiger partial charge >= 0.3 is 0 Å². The Morgan fingerprint density at radius 1 is 1.29 bits per heavy atom. The highest BCUT2D eigenvalue weighted by atomic mass is 16.1. The van der Waals surface area contributed by atoms with Crippen molar-refractivity contribution in [3.05, 3.63) is 29.3 Å². The molecule has 0 fully saturated rings. The van der Waals surface area contributed by atoms with Crippen LogP contribution in [0.2, 0.25) is 0 Å². The molecule has 0 spiro atoms. The Morgan fingerprint density at radius 3 is 2.81 bits per heavy atom. The third-order valence-electron chi connectivity index (χ3n) is 3.73. The van der Waals surface area contributed by atoms with Crippen LogP contribution in [0.3, 0.4) is 0 Å². The number of aryl methyl sites for hydroxylation is 3. The molecule has 3 N–H and O–H groups in total. The molecule has 0 unspecified atom stereocenters. The highest BCUT2D eigenvalue weighted by Gasteiger charge is 2.19. The number of carbonyl (C=O) groups is 1. The first-order valence-corrected chi connectivity index (χ1v) is 7.29. The van der Waals surface area contributed by atoms with E-state index in [1.165, 1.54) is 0 Å². The third-order valence-corrected chi connectivity index (χ3v) is 3.73. The maximum absolute atomic E-state index is 11.5. The number of hydrogen-bond donors (Lipinski definition) is 2. The number of anilines is 2. The van der Waals surface area contributed by atoms with Gasteiger partial charge in [-0.05, 0) is 24.1 Å². The van der Waals surface area contributed by atoms with Gasteiger partial charge in [0.05, 0.1) is 11.4 Å². The average Bonchev–Trinajstić information content (AvgIpc) is 2.89. The molecule has 2 heterocycles. The molecule has 1 aliphatic rings. The summed E-state index contributed by atoms with van der Waals surface area (Å²) in [7, 11) is 0. The Balaban J connectivity index is 2.11. The molecule has 0 atom stereocenters. The zero-order valence-electron chi connectivity index (χ0n) is 12.3. The van der Waals surface area contributed by atoms with Gasteiger partial charge in [-0.3, -0.25) is 4.79 Å². The molecule has 3 rings (SSSR count). The van der Waals surface area contributed by atoms with Gasteiger partial charge in [-0.25, -0.2) is 9.67 Å². The zero-order chi connectivity index (χ0) is 15.0. The highest BCUT2D eigenvalue weighted by Crippen LogP contribution is 2.30. The number of nitrogens with zero attached hydrogens (tertiary/aromatic N) is 3. The minimum absolute atomic E-state index is 0.0397. The second kappa shape index (κ2) is 5.20. The molecule has 0 bridgehead atoms. The van der Waals surface area contributed by atoms with Crippen molar-refractivity contribution in [2.24, 2.45) is 0 Å². The van der Waals surface area contributed by atoms with Gasteiger partial charge in [0.25, 0.3) is 0 Å². The van der Waals surface area contributed by atoms with Crippen molar-refractivity contribution >= 4 is 17.3 Å². The first-order chi connectivity index (χ1) is 10.1. The summed E-state index contributed by atoms with van der Waals surface area (Å²) >= 11 is 0. The van der Waals surface area contributed by atoms with Crippen molar-refractivity contribution in [2.45, 2.75) is 39.5 Å². The van der Waals surface area contributed by atoms with Gasteiger partial charge < -0.3 is 11.1 Å². The van der Waals surface area contributed by atoms with Crippen molar-refractivity contribution in [1.29, 1.82) is 0 Å². The van der Waals surface area contributed by atoms with Crippen LogP contribution >= 0.6 is 0 Å². The summed E-state index contributed by atoms with van der Waals surface area (Å²) in [5.41, 5.74) is 9.49. The van der Waals surface area contributed by atoms with Crippen LogP contribution in [0, 0.1) is 0 Å². The standard InChI is InChI=1S/C15H19N5O/c1-3-13-18-14(4-2)20(19-13)12-7-9-5-6-15(21)17-11(9)8-10(12)16/h7-8H,3-6,16H2,1-2H3,(H,17,21). The van der Waals surface area contributed by atoms with E-state index < -0.39 is 0 Å². The van der Waals surface area contributed by atoms with Gasteiger partial charge in [0.15, 0.2) is 5.82 Å². The topological polar surface area (TPSA) is 85.8 Å². The molecule has 1 aromatic carbocycles. The average molecular weight is 285 g/mol. The summed E-state index contributed by atoms with van der Waals surface area (Å²) in [4.78, 5) is 16.0. The van der Waals surface area contributed by atoms with Crippen LogP contribution < -0.4 is 11.1 Å². The maximum atomic E-state index is 11.5. The van der Waals surface area contributed by atoms with Gasteiger partial charge in [-0.15, -0.1) is 0 Å². The third kappa shape index (κ3) is 2.37. The van der Waals surface area contributed by atoms with Crippen molar-refractivity contribution in [3.8, 4) is 5.69 Å². The minimum Gasteiger partial charge on any atom is -0.397 e. The van der Waals surface area contributed by atoms with Crippen LogP contribution in [0.25, 0.3) is 5.69 Å². The zero-order valence-corrected chi connectivity index (χ0v) is 12.3. The molecule has 110 valence electrons. The smallest absolute Gasteiger partial charge is 0.224 e. The lowest BCUT2D eigenvalue weighted by Crippen LogP contribution is -2.20. The van der Waals surface area contributed by atoms with E-state index in [9.17, 15) is 4.79 Å². The first-order valence-electron chi connectivity index (χ1n) is 7.29. The Kier molecular flexibility index (Phi) is 3.37. The second-order valence-electron chi connectivity index (χ2n) is 5.18. The van der Waals surface area contributed by atoms with Crippen LogP contribution in [0.1, 0.15) is 37.5 Å². The van der Waals surface area contributed by atoms with Crippen molar-refractivity contribution in [3.63, 3.8) is 0 Å². The van der Waals surface area contributed by atoms with Crippen molar-refractivity contribution in [1.82, 2.24) is 14.8 Å². The van der Waals surface area contributed by atoms with Crippen LogP contribution in [-0.4, -0.2) is 20.7 Å². The summed E-state index contributed by atoms with van der Waals surface area (Å²) in [5.74, 6) is 1.76. The van der Waals surface area contributed by atoms with Gasteiger partial charge in [0.1, 0.15) is 5.82 Å². The van der Waals surface area contributed by atoms with E-state index in [0.717, 1.165) is 47.8 Å². The fourth-order valence-electron chi connectivity index (χ4n) is 2.58. The van der Waals surface area contributed by atoms with E-state index in [0.29, 0.717) is 12.1 Å². The summed E-state index contributed by atoms with van der Waals surface area (Å²) in [6.07, 6.45) is 2.82. The molecule has 0 saturated heterocycles. The predicted molar refractivity (Wildman–Crippen MR) is 81.5 cm³/mol. The van der Waals surface area contributed by atoms with Crippen LogP contribution in [0.15, 0.2) is 12.1 Å². The largest absolute Gasteiger partial charge is 0.397 e. The summed E-state index contributed by atoms with van der Waals surface area (Å²) in [5, 5.41) is 7.39. The first kappa shape index (κ1) is 13.6. The van der Waals surface area contributed by atoms with Crippen LogP contribution in [-0.2, 0) is 24.1 Å². The summed E-state index contributed by atoms with van der Waals surface area (Å²) in [6, 6.07) is 3.83. The SMILES string of the molecule is CCc1nc(CC)n(-c2cc3c(cc2N)NC(=O)CC3)n1. The summed E-state index contributed by atoms with van der Waals surface area (Å²) in [6.45, 7) is 4.08. The van der Waals surface area contributed by atoms with Gasteiger partial charge in [0, 0.05) is 24.9 Å². The normalized spacial score (nSPS) is 13.9. The number of amides is 1. The van der Waals surface area contributed by atoms with E-state index in [1.807, 2.05) is 23.7 Å². The molecule has 1 aliphatic heterocycles. The molecule has 0 aliphatic carbocycles. The highest BCUT2D eigenvalue weighted by molar-refractivity contribution is 5.95. The van der Waals surface area contributed by atoms with Gasteiger partial charge in [-0.1, -0.05) is 13.8 Å². The van der Waals surface area contributed by atoms with E-state index >= 15 is 0 Å². The second-order valence-corrected chi connectivity index (χ2v) is 5.18. The number of nitrogens with two attached hydrogens (primary N) is 1. The Hall–Kier alpha value is -2.37. The molecule has 2 aromatic rings. The van der Waals surface area contributed by atoms with Gasteiger partial charge in [-0.2, -0.15) is 5.10 Å². The quantitative estimate of drug-likeness (QED) is 0.843.